The van der Waals surface area contributed by atoms with E-state index in [0.29, 0.717) is 23.3 Å². The number of nitrogens with two attached hydrogens (primary N) is 1. The molecular formula is C11H10N2O4S. The lowest BCUT2D eigenvalue weighted by Gasteiger charge is -2.18. The Balaban J connectivity index is 2.45. The maximum Gasteiger partial charge on any atom is 0.352 e. The third kappa shape index (κ3) is 2.25. The third-order valence-electron chi connectivity index (χ3n) is 2.39. The van der Waals surface area contributed by atoms with Crippen LogP contribution in [0.3, 0.4) is 0 Å². The first-order valence-corrected chi connectivity index (χ1v) is 5.95. The number of fused-ring (bicyclic) bond motifs is 1. The molecule has 0 radical (unpaired) electrons. The van der Waals surface area contributed by atoms with E-state index in [-0.39, 0.29) is 5.70 Å². The number of nitrogens with zero attached hydrogens (tertiary/aromatic N) is 1. The van der Waals surface area contributed by atoms with Crippen molar-refractivity contribution in [1.29, 1.82) is 0 Å². The predicted octanol–water partition coefficient (Wildman–Crippen LogP) is 1.19. The highest BCUT2D eigenvalue weighted by Gasteiger charge is 2.27. The normalized spacial score (nSPS) is 14.4. The molecule has 0 aromatic heterocycles. The van der Waals surface area contributed by atoms with Gasteiger partial charge in [-0.2, -0.15) is 0 Å². The van der Waals surface area contributed by atoms with E-state index in [1.165, 1.54) is 16.7 Å². The van der Waals surface area contributed by atoms with Gasteiger partial charge >= 0.3 is 11.9 Å². The lowest BCUT2D eigenvalue weighted by molar-refractivity contribution is -0.135. The van der Waals surface area contributed by atoms with Gasteiger partial charge in [0.1, 0.15) is 5.70 Å². The molecule has 18 heavy (non-hydrogen) atoms. The van der Waals surface area contributed by atoms with Crippen molar-refractivity contribution in [2.45, 2.75) is 4.90 Å². The molecule has 0 spiro atoms. The van der Waals surface area contributed by atoms with Gasteiger partial charge in [-0.05, 0) is 18.2 Å². The number of anilines is 2. The van der Waals surface area contributed by atoms with Crippen LogP contribution in [0.5, 0.6) is 0 Å². The molecule has 0 unspecified atom stereocenters. The van der Waals surface area contributed by atoms with Crippen molar-refractivity contribution in [2.24, 2.45) is 0 Å². The Morgan fingerprint density at radius 2 is 2.11 bits per heavy atom. The Kier molecular flexibility index (Phi) is 3.15. The van der Waals surface area contributed by atoms with E-state index in [1.54, 1.807) is 18.2 Å². The van der Waals surface area contributed by atoms with Crippen LogP contribution in [0.2, 0.25) is 0 Å². The molecule has 0 aliphatic carbocycles. The van der Waals surface area contributed by atoms with Gasteiger partial charge in [-0.1, -0.05) is 0 Å². The Morgan fingerprint density at radius 3 is 2.72 bits per heavy atom. The van der Waals surface area contributed by atoms with Crippen molar-refractivity contribution in [1.82, 2.24) is 0 Å². The lowest BCUT2D eigenvalue weighted by Crippen LogP contribution is -2.25. The highest BCUT2D eigenvalue weighted by Crippen LogP contribution is 2.41. The topological polar surface area (TPSA) is 104 Å². The number of aliphatic carboxylic acids is 2. The zero-order chi connectivity index (χ0) is 13.3. The minimum atomic E-state index is -1.30. The average Bonchev–Trinajstić information content (AvgIpc) is 2.68. The summed E-state index contributed by atoms with van der Waals surface area (Å²) < 4.78 is 0. The molecule has 94 valence electrons. The number of carboxylic acid groups (broad SMARTS) is 2. The molecule has 4 N–H and O–H groups in total. The summed E-state index contributed by atoms with van der Waals surface area (Å²) in [7, 11) is 0. The Hall–Kier alpha value is -2.15. The molecular weight excluding hydrogens is 256 g/mol. The molecule has 1 heterocycles. The number of nitrogen functional groups attached to an aromatic ring is 1. The molecule has 1 aromatic carbocycles. The maximum absolute atomic E-state index is 11.1. The second-order valence-electron chi connectivity index (χ2n) is 3.60. The fourth-order valence-electron chi connectivity index (χ4n) is 1.64. The molecule has 0 fully saturated rings. The lowest BCUT2D eigenvalue weighted by atomic mass is 10.2. The summed E-state index contributed by atoms with van der Waals surface area (Å²) in [5.41, 5.74) is 6.49. The average molecular weight is 266 g/mol. The molecule has 6 nitrogen and oxygen atoms in total. The summed E-state index contributed by atoms with van der Waals surface area (Å²) in [4.78, 5) is 24.1. The highest BCUT2D eigenvalue weighted by atomic mass is 32.2. The molecule has 1 aliphatic heterocycles. The van der Waals surface area contributed by atoms with Crippen LogP contribution in [0.15, 0.2) is 34.9 Å². The van der Waals surface area contributed by atoms with Crippen LogP contribution < -0.4 is 10.6 Å². The van der Waals surface area contributed by atoms with Crippen LogP contribution >= 0.6 is 11.8 Å². The van der Waals surface area contributed by atoms with Gasteiger partial charge in [-0.15, -0.1) is 11.8 Å². The van der Waals surface area contributed by atoms with Crippen molar-refractivity contribution < 1.29 is 19.8 Å². The van der Waals surface area contributed by atoms with Gasteiger partial charge in [-0.3, -0.25) is 0 Å². The molecule has 0 amide bonds. The van der Waals surface area contributed by atoms with Crippen molar-refractivity contribution in [3.05, 3.63) is 30.0 Å². The molecule has 0 saturated heterocycles. The number of carbonyl (C=O) groups is 2. The van der Waals surface area contributed by atoms with E-state index >= 15 is 0 Å². The van der Waals surface area contributed by atoms with Gasteiger partial charge in [0.2, 0.25) is 0 Å². The first kappa shape index (κ1) is 12.3. The molecule has 0 saturated carbocycles. The molecule has 2 rings (SSSR count). The van der Waals surface area contributed by atoms with Crippen LogP contribution in [0, 0.1) is 0 Å². The first-order valence-electron chi connectivity index (χ1n) is 4.97. The van der Waals surface area contributed by atoms with E-state index < -0.39 is 11.9 Å². The monoisotopic (exact) mass is 266 g/mol. The number of rotatable bonds is 3. The summed E-state index contributed by atoms with van der Waals surface area (Å²) in [5.74, 6) is -2.23. The van der Waals surface area contributed by atoms with Gasteiger partial charge in [0.25, 0.3) is 0 Å². The van der Waals surface area contributed by atoms with Crippen LogP contribution in [-0.2, 0) is 9.59 Å². The number of carboxylic acids is 2. The minimum Gasteiger partial charge on any atom is -0.478 e. The van der Waals surface area contributed by atoms with Crippen LogP contribution in [0.4, 0.5) is 11.4 Å². The van der Waals surface area contributed by atoms with E-state index in [0.717, 1.165) is 4.90 Å². The van der Waals surface area contributed by atoms with E-state index in [1.807, 2.05) is 0 Å². The van der Waals surface area contributed by atoms with Crippen LogP contribution in [0.25, 0.3) is 0 Å². The molecule has 1 aromatic rings. The quantitative estimate of drug-likeness (QED) is 0.557. The Labute approximate surface area is 107 Å². The maximum atomic E-state index is 11.1. The fourth-order valence-corrected chi connectivity index (χ4v) is 2.67. The summed E-state index contributed by atoms with van der Waals surface area (Å²) in [6, 6.07) is 5.14. The third-order valence-corrected chi connectivity index (χ3v) is 3.44. The van der Waals surface area contributed by atoms with Gasteiger partial charge in [0.15, 0.2) is 0 Å². The Morgan fingerprint density at radius 1 is 1.39 bits per heavy atom. The molecule has 1 aliphatic rings. The van der Waals surface area contributed by atoms with E-state index in [9.17, 15) is 9.59 Å². The molecule has 0 bridgehead atoms. The number of benzene rings is 1. The zero-order valence-corrected chi connectivity index (χ0v) is 9.98. The van der Waals surface area contributed by atoms with Gasteiger partial charge in [0.05, 0.1) is 17.6 Å². The van der Waals surface area contributed by atoms with Crippen LogP contribution in [-0.4, -0.2) is 28.0 Å². The van der Waals surface area contributed by atoms with Crippen molar-refractivity contribution in [2.75, 3.05) is 16.5 Å². The zero-order valence-electron chi connectivity index (χ0n) is 9.16. The number of hydrogen-bond acceptors (Lipinski definition) is 5. The second kappa shape index (κ2) is 4.61. The summed E-state index contributed by atoms with van der Waals surface area (Å²) in [5, 5.41) is 17.8. The second-order valence-corrected chi connectivity index (χ2v) is 4.59. The first-order chi connectivity index (χ1) is 8.49. The SMILES string of the molecule is Nc1ccc2c(c1)N(C(=CC(=O)O)C(=O)O)CS2. The smallest absolute Gasteiger partial charge is 0.352 e. The summed E-state index contributed by atoms with van der Waals surface area (Å²) >= 11 is 1.43. The van der Waals surface area contributed by atoms with Gasteiger partial charge in [-0.25, -0.2) is 9.59 Å². The fraction of sp³-hybridized carbons (Fsp3) is 0.0909. The largest absolute Gasteiger partial charge is 0.478 e. The van der Waals surface area contributed by atoms with Gasteiger partial charge < -0.3 is 20.8 Å². The van der Waals surface area contributed by atoms with Crippen molar-refractivity contribution in [3.8, 4) is 0 Å². The highest BCUT2D eigenvalue weighted by molar-refractivity contribution is 7.99. The van der Waals surface area contributed by atoms with Crippen LogP contribution in [0.1, 0.15) is 0 Å². The number of hydrogen-bond donors (Lipinski definition) is 3. The minimum absolute atomic E-state index is 0.278. The number of thioether (sulfide) groups is 1. The van der Waals surface area contributed by atoms with Crippen molar-refractivity contribution >= 4 is 35.1 Å². The summed E-state index contributed by atoms with van der Waals surface area (Å²) in [6.07, 6.45) is 0.682. The molecule has 7 heteroatoms. The Bertz CT molecular complexity index is 556. The standard InChI is InChI=1S/C11H10N2O4S/c12-6-1-2-9-7(3-6)13(5-18-9)8(11(16)17)4-10(14)15/h1-4H,5,12H2,(H,14,15)(H,16,17). The van der Waals surface area contributed by atoms with E-state index in [4.69, 9.17) is 15.9 Å². The molecule has 0 atom stereocenters. The van der Waals surface area contributed by atoms with Crippen molar-refractivity contribution in [3.63, 3.8) is 0 Å². The summed E-state index contributed by atoms with van der Waals surface area (Å²) in [6.45, 7) is 0. The predicted molar refractivity (Wildman–Crippen MR) is 67.4 cm³/mol. The van der Waals surface area contributed by atoms with Gasteiger partial charge in [0, 0.05) is 10.6 Å². The van der Waals surface area contributed by atoms with E-state index in [2.05, 4.69) is 0 Å².